The van der Waals surface area contributed by atoms with Gasteiger partial charge in [0.15, 0.2) is 5.78 Å². The van der Waals surface area contributed by atoms with E-state index in [4.69, 9.17) is 4.74 Å². The van der Waals surface area contributed by atoms with Crippen LogP contribution in [0.4, 0.5) is 0 Å². The highest BCUT2D eigenvalue weighted by Crippen LogP contribution is 2.09. The minimum absolute atomic E-state index is 0.101. The van der Waals surface area contributed by atoms with Gasteiger partial charge >= 0.3 is 0 Å². The molecule has 0 aliphatic rings. The van der Waals surface area contributed by atoms with E-state index in [9.17, 15) is 4.79 Å². The van der Waals surface area contributed by atoms with E-state index in [0.717, 1.165) is 24.4 Å². The van der Waals surface area contributed by atoms with Crippen LogP contribution < -0.4 is 4.74 Å². The number of para-hydroxylation sites is 1. The van der Waals surface area contributed by atoms with E-state index in [-0.39, 0.29) is 5.78 Å². The number of aryl methyl sites for hydroxylation is 1. The highest BCUT2D eigenvalue weighted by atomic mass is 16.5. The van der Waals surface area contributed by atoms with Crippen molar-refractivity contribution in [3.63, 3.8) is 0 Å². The first-order valence-corrected chi connectivity index (χ1v) is 6.11. The van der Waals surface area contributed by atoms with Crippen LogP contribution in [0.1, 0.15) is 23.8 Å². The summed E-state index contributed by atoms with van der Waals surface area (Å²) in [5, 5.41) is 0. The number of rotatable bonds is 6. The van der Waals surface area contributed by atoms with Gasteiger partial charge in [0, 0.05) is 19.7 Å². The molecule has 1 aromatic carbocycles. The first kappa shape index (κ1) is 12.4. The van der Waals surface area contributed by atoms with Crippen molar-refractivity contribution in [2.45, 2.75) is 19.9 Å². The molecule has 18 heavy (non-hydrogen) atoms. The van der Waals surface area contributed by atoms with Crippen LogP contribution in [-0.2, 0) is 6.54 Å². The molecule has 0 saturated carbocycles. The van der Waals surface area contributed by atoms with Crippen molar-refractivity contribution >= 4 is 5.78 Å². The molecule has 2 rings (SSSR count). The van der Waals surface area contributed by atoms with E-state index in [1.807, 2.05) is 53.2 Å². The first-order valence-electron chi connectivity index (χ1n) is 6.11. The van der Waals surface area contributed by atoms with Gasteiger partial charge in [0.25, 0.3) is 0 Å². The smallest absolute Gasteiger partial charge is 0.176 e. The lowest BCUT2D eigenvalue weighted by Gasteiger charge is -2.08. The third-order valence-corrected chi connectivity index (χ3v) is 2.75. The Kier molecular flexibility index (Phi) is 4.18. The molecule has 3 nitrogen and oxygen atoms in total. The van der Waals surface area contributed by atoms with Gasteiger partial charge in [-0.15, -0.1) is 0 Å². The van der Waals surface area contributed by atoms with Crippen LogP contribution in [0.15, 0.2) is 48.7 Å². The molecule has 0 amide bonds. The third-order valence-electron chi connectivity index (χ3n) is 2.75. The lowest BCUT2D eigenvalue weighted by Crippen LogP contribution is -2.08. The Morgan fingerprint density at radius 2 is 1.94 bits per heavy atom. The van der Waals surface area contributed by atoms with Gasteiger partial charge in [-0.1, -0.05) is 18.2 Å². The molecule has 0 fully saturated rings. The zero-order valence-electron chi connectivity index (χ0n) is 10.5. The maximum Gasteiger partial charge on any atom is 0.176 e. The van der Waals surface area contributed by atoms with E-state index in [1.165, 1.54) is 0 Å². The van der Waals surface area contributed by atoms with Gasteiger partial charge in [-0.05, 0) is 30.7 Å². The van der Waals surface area contributed by atoms with Crippen molar-refractivity contribution < 1.29 is 9.53 Å². The fourth-order valence-electron chi connectivity index (χ4n) is 1.87. The van der Waals surface area contributed by atoms with Crippen LogP contribution in [0.2, 0.25) is 0 Å². The summed E-state index contributed by atoms with van der Waals surface area (Å²) in [6.45, 7) is 3.04. The molecular weight excluding hydrogens is 226 g/mol. The van der Waals surface area contributed by atoms with E-state index in [0.29, 0.717) is 6.61 Å². The zero-order chi connectivity index (χ0) is 12.8. The minimum Gasteiger partial charge on any atom is -0.494 e. The minimum atomic E-state index is 0.101. The van der Waals surface area contributed by atoms with Crippen LogP contribution in [-0.4, -0.2) is 17.0 Å². The fraction of sp³-hybridized carbons (Fsp3) is 0.267. The molecule has 0 spiro atoms. The van der Waals surface area contributed by atoms with E-state index >= 15 is 0 Å². The number of ketones is 1. The summed E-state index contributed by atoms with van der Waals surface area (Å²) in [5.41, 5.74) is 0.759. The number of aromatic nitrogens is 1. The fourth-order valence-corrected chi connectivity index (χ4v) is 1.87. The van der Waals surface area contributed by atoms with Crippen LogP contribution in [0, 0.1) is 0 Å². The van der Waals surface area contributed by atoms with Crippen LogP contribution in [0.25, 0.3) is 0 Å². The first-order chi connectivity index (χ1) is 8.77. The number of hydrogen-bond acceptors (Lipinski definition) is 2. The summed E-state index contributed by atoms with van der Waals surface area (Å²) < 4.78 is 7.58. The normalized spacial score (nSPS) is 10.3. The molecule has 0 bridgehead atoms. The van der Waals surface area contributed by atoms with Gasteiger partial charge in [0.05, 0.1) is 12.3 Å². The topological polar surface area (TPSA) is 31.2 Å². The monoisotopic (exact) mass is 243 g/mol. The van der Waals surface area contributed by atoms with Gasteiger partial charge in [-0.25, -0.2) is 0 Å². The molecule has 0 unspecified atom stereocenters. The van der Waals surface area contributed by atoms with Crippen molar-refractivity contribution in [3.8, 4) is 5.75 Å². The summed E-state index contributed by atoms with van der Waals surface area (Å²) in [4.78, 5) is 11.3. The Hall–Kier alpha value is -2.03. The highest BCUT2D eigenvalue weighted by Gasteiger charge is 2.04. The average Bonchev–Trinajstić information content (AvgIpc) is 2.84. The standard InChI is InChI=1S/C15H17NO2/c1-13(17)15-9-5-10-16(15)11-6-12-18-14-7-3-2-4-8-14/h2-5,7-10H,6,11-12H2,1H3. The van der Waals surface area contributed by atoms with Crippen LogP contribution in [0.5, 0.6) is 5.75 Å². The quantitative estimate of drug-likeness (QED) is 0.576. The lowest BCUT2D eigenvalue weighted by atomic mass is 10.3. The second-order valence-electron chi connectivity index (χ2n) is 4.16. The second kappa shape index (κ2) is 6.05. The van der Waals surface area contributed by atoms with Crippen molar-refractivity contribution in [2.24, 2.45) is 0 Å². The van der Waals surface area contributed by atoms with Gasteiger partial charge in [-0.2, -0.15) is 0 Å². The summed E-state index contributed by atoms with van der Waals surface area (Å²) in [6.07, 6.45) is 2.81. The molecule has 0 saturated heterocycles. The molecule has 1 heterocycles. The number of benzene rings is 1. The summed E-state index contributed by atoms with van der Waals surface area (Å²) in [6, 6.07) is 13.5. The predicted octanol–water partition coefficient (Wildman–Crippen LogP) is 3.16. The number of nitrogens with zero attached hydrogens (tertiary/aromatic N) is 1. The maximum absolute atomic E-state index is 11.3. The maximum atomic E-state index is 11.3. The molecule has 94 valence electrons. The summed E-state index contributed by atoms with van der Waals surface area (Å²) in [7, 11) is 0. The van der Waals surface area contributed by atoms with Crippen molar-refractivity contribution in [1.82, 2.24) is 4.57 Å². The number of hydrogen-bond donors (Lipinski definition) is 0. The number of carbonyl (C=O) groups is 1. The van der Waals surface area contributed by atoms with E-state index in [1.54, 1.807) is 6.92 Å². The molecule has 0 N–H and O–H groups in total. The van der Waals surface area contributed by atoms with Gasteiger partial charge in [0.2, 0.25) is 0 Å². The Morgan fingerprint density at radius 3 is 2.67 bits per heavy atom. The van der Waals surface area contributed by atoms with E-state index < -0.39 is 0 Å². The van der Waals surface area contributed by atoms with Gasteiger partial charge < -0.3 is 9.30 Å². The molecule has 0 radical (unpaired) electrons. The van der Waals surface area contributed by atoms with E-state index in [2.05, 4.69) is 0 Å². The number of ether oxygens (including phenoxy) is 1. The molecule has 3 heteroatoms. The van der Waals surface area contributed by atoms with Crippen molar-refractivity contribution in [1.29, 1.82) is 0 Å². The van der Waals surface area contributed by atoms with Crippen molar-refractivity contribution in [2.75, 3.05) is 6.61 Å². The summed E-state index contributed by atoms with van der Waals surface area (Å²) >= 11 is 0. The Morgan fingerprint density at radius 1 is 1.17 bits per heavy atom. The molecule has 1 aromatic heterocycles. The summed E-state index contributed by atoms with van der Waals surface area (Å²) in [5.74, 6) is 0.987. The Bertz CT molecular complexity index is 502. The van der Waals surface area contributed by atoms with Crippen LogP contribution in [0.3, 0.4) is 0 Å². The molecule has 0 atom stereocenters. The molecule has 0 aliphatic heterocycles. The second-order valence-corrected chi connectivity index (χ2v) is 4.16. The van der Waals surface area contributed by atoms with Crippen LogP contribution >= 0.6 is 0 Å². The van der Waals surface area contributed by atoms with Crippen molar-refractivity contribution in [3.05, 3.63) is 54.4 Å². The Balaban J connectivity index is 1.79. The third kappa shape index (κ3) is 3.23. The lowest BCUT2D eigenvalue weighted by molar-refractivity contribution is 0.100. The molecule has 0 aliphatic carbocycles. The Labute approximate surface area is 107 Å². The number of Topliss-reactive ketones (excluding diaryl/α,β-unsaturated/α-hetero) is 1. The van der Waals surface area contributed by atoms with Gasteiger partial charge in [0.1, 0.15) is 5.75 Å². The van der Waals surface area contributed by atoms with Gasteiger partial charge in [-0.3, -0.25) is 4.79 Å². The highest BCUT2D eigenvalue weighted by molar-refractivity contribution is 5.92. The average molecular weight is 243 g/mol. The molecular formula is C15H17NO2. The SMILES string of the molecule is CC(=O)c1cccn1CCCOc1ccccc1. The molecule has 2 aromatic rings. The largest absolute Gasteiger partial charge is 0.494 e. The predicted molar refractivity (Wildman–Crippen MR) is 71.0 cm³/mol. The number of carbonyl (C=O) groups excluding carboxylic acids is 1. The zero-order valence-corrected chi connectivity index (χ0v) is 10.5.